The Bertz CT molecular complexity index is 1340. The molecule has 3 aliphatic rings. The van der Waals surface area contributed by atoms with Gasteiger partial charge in [-0.15, -0.1) is 0 Å². The number of nitrogens with one attached hydrogen (secondary N) is 1. The van der Waals surface area contributed by atoms with Crippen LogP contribution in [0.3, 0.4) is 0 Å². The van der Waals surface area contributed by atoms with Gasteiger partial charge in [-0.3, -0.25) is 4.90 Å². The number of hydrogen-bond donors (Lipinski definition) is 1. The van der Waals surface area contributed by atoms with E-state index in [1.807, 2.05) is 30.3 Å². The highest BCUT2D eigenvalue weighted by Gasteiger charge is 2.46. The minimum absolute atomic E-state index is 0.00532. The van der Waals surface area contributed by atoms with Crippen molar-refractivity contribution < 1.29 is 31.4 Å². The first-order valence-electron chi connectivity index (χ1n) is 14.1. The summed E-state index contributed by atoms with van der Waals surface area (Å²) in [7, 11) is 0. The number of nitrogens with zero attached hydrogens (tertiary/aromatic N) is 1. The molecule has 3 aromatic carbocycles. The zero-order valence-electron chi connectivity index (χ0n) is 22.7. The summed E-state index contributed by atoms with van der Waals surface area (Å²) in [6.07, 6.45) is -0.527. The summed E-state index contributed by atoms with van der Waals surface area (Å²) in [6, 6.07) is 15.6. The van der Waals surface area contributed by atoms with Gasteiger partial charge >= 0.3 is 6.18 Å². The SMILES string of the molecule is Fc1cc(OC2CC3(CCCNC3)C2)cc(F)c1C1c2ccc(OCc3ccccc3)cc2CCN1CC(F)(F)F. The Hall–Kier alpha value is -3.17. The van der Waals surface area contributed by atoms with Gasteiger partial charge in [-0.05, 0) is 72.9 Å². The van der Waals surface area contributed by atoms with E-state index in [-0.39, 0.29) is 23.8 Å². The fourth-order valence-electron chi connectivity index (χ4n) is 6.68. The molecule has 2 fully saturated rings. The van der Waals surface area contributed by atoms with E-state index in [0.29, 0.717) is 29.9 Å². The molecule has 3 aromatic rings. The highest BCUT2D eigenvalue weighted by atomic mass is 19.4. The van der Waals surface area contributed by atoms with Crippen LogP contribution in [0.15, 0.2) is 60.7 Å². The van der Waals surface area contributed by atoms with E-state index in [2.05, 4.69) is 5.32 Å². The molecule has 2 heterocycles. The van der Waals surface area contributed by atoms with Crippen LogP contribution in [0.4, 0.5) is 22.0 Å². The predicted molar refractivity (Wildman–Crippen MR) is 145 cm³/mol. The second kappa shape index (κ2) is 11.2. The highest BCUT2D eigenvalue weighted by Crippen LogP contribution is 2.48. The largest absolute Gasteiger partial charge is 0.490 e. The fraction of sp³-hybridized carbons (Fsp3) is 0.438. The molecule has 1 saturated carbocycles. The molecule has 41 heavy (non-hydrogen) atoms. The average molecular weight is 573 g/mol. The van der Waals surface area contributed by atoms with Crippen LogP contribution >= 0.6 is 0 Å². The van der Waals surface area contributed by atoms with Gasteiger partial charge in [-0.1, -0.05) is 36.4 Å². The summed E-state index contributed by atoms with van der Waals surface area (Å²) in [5.41, 5.74) is 1.90. The Balaban J connectivity index is 1.25. The van der Waals surface area contributed by atoms with E-state index >= 15 is 8.78 Å². The van der Waals surface area contributed by atoms with Gasteiger partial charge in [0.2, 0.25) is 0 Å². The monoisotopic (exact) mass is 572 g/mol. The van der Waals surface area contributed by atoms with Crippen molar-refractivity contribution in [2.45, 2.75) is 57.0 Å². The van der Waals surface area contributed by atoms with Gasteiger partial charge < -0.3 is 14.8 Å². The van der Waals surface area contributed by atoms with E-state index in [0.717, 1.165) is 61.4 Å². The summed E-state index contributed by atoms with van der Waals surface area (Å²) < 4.78 is 83.8. The van der Waals surface area contributed by atoms with E-state index in [9.17, 15) is 13.2 Å². The van der Waals surface area contributed by atoms with Crippen molar-refractivity contribution in [1.29, 1.82) is 0 Å². The number of fused-ring (bicyclic) bond motifs is 1. The Morgan fingerprint density at radius 1 is 0.951 bits per heavy atom. The fourth-order valence-corrected chi connectivity index (χ4v) is 6.68. The molecule has 1 N–H and O–H groups in total. The molecule has 2 aliphatic heterocycles. The van der Waals surface area contributed by atoms with Crippen LogP contribution in [-0.4, -0.2) is 43.4 Å². The Labute approximate surface area is 236 Å². The number of halogens is 5. The summed E-state index contributed by atoms with van der Waals surface area (Å²) in [5.74, 6) is -1.22. The molecule has 0 aromatic heterocycles. The lowest BCUT2D eigenvalue weighted by molar-refractivity contribution is -0.150. The van der Waals surface area contributed by atoms with Crippen LogP contribution in [0.25, 0.3) is 0 Å². The zero-order valence-corrected chi connectivity index (χ0v) is 22.7. The number of piperidine rings is 1. The molecule has 1 spiro atoms. The van der Waals surface area contributed by atoms with Crippen molar-refractivity contribution >= 4 is 0 Å². The molecule has 218 valence electrons. The second-order valence-electron chi connectivity index (χ2n) is 11.6. The number of alkyl halides is 3. The van der Waals surface area contributed by atoms with Crippen LogP contribution in [0, 0.1) is 17.0 Å². The Morgan fingerprint density at radius 3 is 2.39 bits per heavy atom. The third kappa shape index (κ3) is 6.21. The molecule has 0 bridgehead atoms. The standard InChI is InChI=1S/C32H33F5N2O2/c33-27-14-24(41-25-16-31(17-25)10-4-11-38-19-31)15-28(34)29(27)30-26-8-7-23(40-18-21-5-2-1-3-6-21)13-22(26)9-12-39(30)20-32(35,36)37/h1-3,5-8,13-15,25,30,38H,4,9-12,16-20H2. The van der Waals surface area contributed by atoms with E-state index in [1.165, 1.54) is 0 Å². The van der Waals surface area contributed by atoms with Gasteiger partial charge in [-0.25, -0.2) is 8.78 Å². The van der Waals surface area contributed by atoms with Gasteiger partial charge in [0.05, 0.1) is 18.7 Å². The topological polar surface area (TPSA) is 33.7 Å². The lowest BCUT2D eigenvalue weighted by atomic mass is 9.63. The minimum atomic E-state index is -4.53. The summed E-state index contributed by atoms with van der Waals surface area (Å²) in [5, 5.41) is 3.40. The van der Waals surface area contributed by atoms with Crippen LogP contribution < -0.4 is 14.8 Å². The quantitative estimate of drug-likeness (QED) is 0.310. The molecular weight excluding hydrogens is 539 g/mol. The number of benzene rings is 3. The predicted octanol–water partition coefficient (Wildman–Crippen LogP) is 6.96. The Kier molecular flexibility index (Phi) is 7.68. The van der Waals surface area contributed by atoms with Crippen LogP contribution in [-0.2, 0) is 13.0 Å². The molecule has 1 saturated heterocycles. The Morgan fingerprint density at radius 2 is 1.71 bits per heavy atom. The van der Waals surface area contributed by atoms with Crippen LogP contribution in [0.5, 0.6) is 11.5 Å². The van der Waals surface area contributed by atoms with Gasteiger partial charge in [0.1, 0.15) is 29.7 Å². The third-order valence-corrected chi connectivity index (χ3v) is 8.58. The van der Waals surface area contributed by atoms with Crippen LogP contribution in [0.2, 0.25) is 0 Å². The van der Waals surface area contributed by atoms with Crippen molar-refractivity contribution in [3.8, 4) is 11.5 Å². The molecule has 6 rings (SSSR count). The van der Waals surface area contributed by atoms with Gasteiger partial charge in [-0.2, -0.15) is 13.2 Å². The summed E-state index contributed by atoms with van der Waals surface area (Å²) >= 11 is 0. The van der Waals surface area contributed by atoms with Crippen molar-refractivity contribution in [1.82, 2.24) is 10.2 Å². The first kappa shape index (κ1) is 28.0. The average Bonchev–Trinajstić information content (AvgIpc) is 2.92. The molecule has 0 radical (unpaired) electrons. The van der Waals surface area contributed by atoms with E-state index in [1.54, 1.807) is 18.2 Å². The maximum Gasteiger partial charge on any atom is 0.401 e. The van der Waals surface area contributed by atoms with Gasteiger partial charge in [0.15, 0.2) is 0 Å². The smallest absolute Gasteiger partial charge is 0.401 e. The molecule has 1 atom stereocenters. The molecule has 0 amide bonds. The maximum absolute atomic E-state index is 15.6. The molecular formula is C32H33F5N2O2. The lowest BCUT2D eigenvalue weighted by Gasteiger charge is -2.49. The minimum Gasteiger partial charge on any atom is -0.490 e. The van der Waals surface area contributed by atoms with Crippen molar-refractivity contribution in [2.24, 2.45) is 5.41 Å². The van der Waals surface area contributed by atoms with Gasteiger partial charge in [0.25, 0.3) is 0 Å². The number of ether oxygens (including phenoxy) is 2. The summed E-state index contributed by atoms with van der Waals surface area (Å²) in [4.78, 5) is 1.10. The molecule has 1 unspecified atom stereocenters. The molecule has 1 aliphatic carbocycles. The second-order valence-corrected chi connectivity index (χ2v) is 11.6. The first-order valence-corrected chi connectivity index (χ1v) is 14.1. The third-order valence-electron chi connectivity index (χ3n) is 8.58. The molecule has 9 heteroatoms. The van der Waals surface area contributed by atoms with E-state index in [4.69, 9.17) is 9.47 Å². The first-order chi connectivity index (χ1) is 19.7. The van der Waals surface area contributed by atoms with Crippen molar-refractivity contribution in [2.75, 3.05) is 26.2 Å². The maximum atomic E-state index is 15.6. The van der Waals surface area contributed by atoms with Crippen molar-refractivity contribution in [3.63, 3.8) is 0 Å². The number of hydrogen-bond acceptors (Lipinski definition) is 4. The lowest BCUT2D eigenvalue weighted by Crippen LogP contribution is -2.52. The van der Waals surface area contributed by atoms with Crippen LogP contribution in [0.1, 0.15) is 54.0 Å². The normalized spacial score (nSPS) is 24.5. The van der Waals surface area contributed by atoms with Gasteiger partial charge in [0, 0.05) is 30.8 Å². The van der Waals surface area contributed by atoms with Crippen molar-refractivity contribution in [3.05, 3.63) is 94.6 Å². The highest BCUT2D eigenvalue weighted by molar-refractivity contribution is 5.46. The summed E-state index contributed by atoms with van der Waals surface area (Å²) in [6.45, 7) is 0.965. The molecule has 4 nitrogen and oxygen atoms in total. The zero-order chi connectivity index (χ0) is 28.6. The van der Waals surface area contributed by atoms with E-state index < -0.39 is 36.0 Å². The number of rotatable bonds is 7.